The minimum absolute atomic E-state index is 0.224. The van der Waals surface area contributed by atoms with Crippen LogP contribution in [0.1, 0.15) is 138 Å². The summed E-state index contributed by atoms with van der Waals surface area (Å²) in [6.45, 7) is 19.5. The van der Waals surface area contributed by atoms with E-state index in [2.05, 4.69) is 87.3 Å². The second-order valence-corrected chi connectivity index (χ2v) is 13.1. The van der Waals surface area contributed by atoms with Crippen LogP contribution in [-0.4, -0.2) is 42.5 Å². The molecule has 4 N–H and O–H groups in total. The molecule has 1 saturated carbocycles. The van der Waals surface area contributed by atoms with Crippen molar-refractivity contribution in [1.82, 2.24) is 9.88 Å². The highest BCUT2D eigenvalue weighted by atomic mass is 16.1. The Morgan fingerprint density at radius 3 is 2.21 bits per heavy atom. The number of aryl methyl sites for hydroxylation is 1. The lowest BCUT2D eigenvalue weighted by Crippen LogP contribution is -2.21. The summed E-state index contributed by atoms with van der Waals surface area (Å²) in [6, 6.07) is 6.68. The average Bonchev–Trinajstić information content (AvgIpc) is 3.42. The number of unbranched alkanes of at least 4 members (excludes halogenated alkanes) is 3. The third-order valence-corrected chi connectivity index (χ3v) is 8.66. The van der Waals surface area contributed by atoms with Crippen molar-refractivity contribution >= 4 is 34.4 Å². The van der Waals surface area contributed by atoms with Gasteiger partial charge in [-0.3, -0.25) is 0 Å². The highest BCUT2D eigenvalue weighted by Gasteiger charge is 2.24. The molecule has 0 radical (unpaired) electrons. The van der Waals surface area contributed by atoms with Crippen LogP contribution in [0.25, 0.3) is 10.9 Å². The largest absolute Gasteiger partial charge is 0.382 e. The Kier molecular flexibility index (Phi) is 19.2. The van der Waals surface area contributed by atoms with Crippen LogP contribution in [-0.2, 0) is 11.2 Å². The second kappa shape index (κ2) is 21.4. The van der Waals surface area contributed by atoms with Gasteiger partial charge in [0.15, 0.2) is 0 Å². The molecule has 0 amide bonds. The van der Waals surface area contributed by atoms with Crippen molar-refractivity contribution in [3.63, 3.8) is 0 Å². The van der Waals surface area contributed by atoms with Gasteiger partial charge in [0.2, 0.25) is 0 Å². The van der Waals surface area contributed by atoms with Crippen molar-refractivity contribution < 1.29 is 4.79 Å². The highest BCUT2D eigenvalue weighted by Crippen LogP contribution is 2.40. The number of benzene rings is 1. The van der Waals surface area contributed by atoms with E-state index in [9.17, 15) is 4.79 Å². The van der Waals surface area contributed by atoms with Crippen molar-refractivity contribution in [3.8, 4) is 0 Å². The number of carbonyl (C=O) groups is 1. The van der Waals surface area contributed by atoms with Gasteiger partial charge in [-0.05, 0) is 81.6 Å². The van der Waals surface area contributed by atoms with Gasteiger partial charge in [-0.1, -0.05) is 106 Å². The van der Waals surface area contributed by atoms with E-state index in [0.29, 0.717) is 12.2 Å². The lowest BCUT2D eigenvalue weighted by atomic mass is 9.87. The van der Waals surface area contributed by atoms with E-state index < -0.39 is 0 Å². The molecule has 0 bridgehead atoms. The van der Waals surface area contributed by atoms with Crippen LogP contribution in [0.4, 0.5) is 17.2 Å². The molecule has 43 heavy (non-hydrogen) atoms. The van der Waals surface area contributed by atoms with Crippen LogP contribution in [0.2, 0.25) is 0 Å². The van der Waals surface area contributed by atoms with Crippen molar-refractivity contribution in [2.24, 2.45) is 11.3 Å². The first-order chi connectivity index (χ1) is 20.6. The van der Waals surface area contributed by atoms with E-state index in [1.165, 1.54) is 81.8 Å². The molecule has 1 unspecified atom stereocenters. The summed E-state index contributed by atoms with van der Waals surface area (Å²) in [5, 5.41) is 8.29. The quantitative estimate of drug-likeness (QED) is 0.148. The third-order valence-electron chi connectivity index (χ3n) is 8.66. The number of nitrogens with zero attached hydrogens (tertiary/aromatic N) is 2. The van der Waals surface area contributed by atoms with Gasteiger partial charge in [-0.15, -0.1) is 0 Å². The third kappa shape index (κ3) is 14.3. The zero-order chi connectivity index (χ0) is 32.3. The number of hydrogen-bond acceptors (Lipinski definition) is 6. The van der Waals surface area contributed by atoms with Gasteiger partial charge in [0, 0.05) is 11.8 Å². The molecule has 1 aliphatic heterocycles. The number of hydrogen-bond donors (Lipinski definition) is 3. The number of aromatic nitrogens is 1. The normalized spacial score (nSPS) is 15.4. The van der Waals surface area contributed by atoms with Crippen LogP contribution < -0.4 is 16.4 Å². The minimum atomic E-state index is 0.224. The fraction of sp³-hybridized carbons (Fsp3) is 0.730. The molecule has 246 valence electrons. The van der Waals surface area contributed by atoms with Gasteiger partial charge in [-0.2, -0.15) is 0 Å². The maximum absolute atomic E-state index is 9.98. The van der Waals surface area contributed by atoms with E-state index >= 15 is 0 Å². The summed E-state index contributed by atoms with van der Waals surface area (Å²) in [5.74, 6) is 1.67. The molecular formula is C37H67N5O. The second-order valence-electron chi connectivity index (χ2n) is 13.1. The number of rotatable bonds is 14. The average molecular weight is 598 g/mol. The first-order valence-corrected chi connectivity index (χ1v) is 17.5. The SMILES string of the molecule is CC.CC1CCC1.CCC(C)(C)CC=O.CCCCC1Nc2c(N)nc3cc(CCCCCN(C)CCC)ccc3c2N1. The zero-order valence-corrected chi connectivity index (χ0v) is 29.5. The maximum Gasteiger partial charge on any atom is 0.149 e. The monoisotopic (exact) mass is 598 g/mol. The van der Waals surface area contributed by atoms with E-state index in [1.54, 1.807) is 0 Å². The van der Waals surface area contributed by atoms with Gasteiger partial charge in [0.1, 0.15) is 17.8 Å². The highest BCUT2D eigenvalue weighted by molar-refractivity contribution is 6.03. The summed E-state index contributed by atoms with van der Waals surface area (Å²) < 4.78 is 0. The summed E-state index contributed by atoms with van der Waals surface area (Å²) in [7, 11) is 2.22. The number of nitrogen functional groups attached to an aromatic ring is 1. The molecule has 1 aliphatic carbocycles. The first-order valence-electron chi connectivity index (χ1n) is 17.5. The fourth-order valence-corrected chi connectivity index (χ4v) is 5.08. The summed E-state index contributed by atoms with van der Waals surface area (Å²) >= 11 is 0. The molecule has 1 aromatic heterocycles. The summed E-state index contributed by atoms with van der Waals surface area (Å²) in [4.78, 5) is 17.1. The number of anilines is 3. The Balaban J connectivity index is 0.000000507. The number of nitrogens with two attached hydrogens (primary N) is 1. The summed E-state index contributed by atoms with van der Waals surface area (Å²) in [6.07, 6.45) is 17.1. The number of nitrogens with one attached hydrogen (secondary N) is 2. The van der Waals surface area contributed by atoms with Crippen molar-refractivity contribution in [2.45, 2.75) is 145 Å². The molecule has 2 aromatic rings. The molecule has 1 aromatic carbocycles. The van der Waals surface area contributed by atoms with E-state index in [-0.39, 0.29) is 11.6 Å². The van der Waals surface area contributed by atoms with Crippen molar-refractivity contribution in [1.29, 1.82) is 0 Å². The molecule has 0 spiro atoms. The Bertz CT molecular complexity index is 1030. The van der Waals surface area contributed by atoms with Gasteiger partial charge in [0.05, 0.1) is 17.4 Å². The predicted molar refractivity (Wildman–Crippen MR) is 191 cm³/mol. The molecular weight excluding hydrogens is 530 g/mol. The topological polar surface area (TPSA) is 83.3 Å². The van der Waals surface area contributed by atoms with Gasteiger partial charge >= 0.3 is 0 Å². The zero-order valence-electron chi connectivity index (χ0n) is 29.5. The Labute approximate surface area is 265 Å². The lowest BCUT2D eigenvalue weighted by molar-refractivity contribution is -0.109. The standard InChI is InChI=1S/C23H37N5.C7H14O.C5H10.C2H6/c1-4-6-11-20-26-21-18-13-12-17(10-8-7-9-15-28(3)14-5-2)16-19(18)25-23(24)22(21)27-20;1-4-7(2,3)5-6-8;1-5-3-2-4-5;1-2/h12-13,16,20,26-27H,4-11,14-15H2,1-3H3,(H2,24,25);6H,4-5H2,1-3H3;5H,2-4H2,1H3;1-2H3. The molecule has 4 rings (SSSR count). The fourth-order valence-electron chi connectivity index (χ4n) is 5.08. The Morgan fingerprint density at radius 1 is 1.00 bits per heavy atom. The van der Waals surface area contributed by atoms with Crippen LogP contribution >= 0.6 is 0 Å². The maximum atomic E-state index is 9.98. The van der Waals surface area contributed by atoms with Gasteiger partial charge in [-0.25, -0.2) is 4.98 Å². The van der Waals surface area contributed by atoms with Crippen LogP contribution in [0.3, 0.4) is 0 Å². The van der Waals surface area contributed by atoms with Gasteiger partial charge < -0.3 is 26.1 Å². The number of carbonyl (C=O) groups excluding carboxylic acids is 1. The lowest BCUT2D eigenvalue weighted by Gasteiger charge is -2.18. The molecule has 1 atom stereocenters. The molecule has 2 heterocycles. The first kappa shape index (κ1) is 38.7. The molecule has 2 aliphatic rings. The van der Waals surface area contributed by atoms with Crippen molar-refractivity contribution in [2.75, 3.05) is 36.5 Å². The minimum Gasteiger partial charge on any atom is -0.382 e. The molecule has 0 saturated heterocycles. The van der Waals surface area contributed by atoms with Crippen LogP contribution in [0.5, 0.6) is 0 Å². The van der Waals surface area contributed by atoms with E-state index in [0.717, 1.165) is 48.4 Å². The summed E-state index contributed by atoms with van der Waals surface area (Å²) in [5.41, 5.74) is 10.9. The van der Waals surface area contributed by atoms with Crippen molar-refractivity contribution in [3.05, 3.63) is 23.8 Å². The number of pyridine rings is 1. The van der Waals surface area contributed by atoms with Gasteiger partial charge in [0.25, 0.3) is 0 Å². The predicted octanol–water partition coefficient (Wildman–Crippen LogP) is 10.1. The smallest absolute Gasteiger partial charge is 0.149 e. The van der Waals surface area contributed by atoms with Crippen LogP contribution in [0.15, 0.2) is 18.2 Å². The van der Waals surface area contributed by atoms with E-state index in [1.807, 2.05) is 13.8 Å². The Hall–Kier alpha value is -2.34. The molecule has 6 heteroatoms. The van der Waals surface area contributed by atoms with Crippen LogP contribution in [0, 0.1) is 11.3 Å². The Morgan fingerprint density at radius 2 is 1.67 bits per heavy atom. The molecule has 6 nitrogen and oxygen atoms in total. The molecule has 1 fully saturated rings. The van der Waals surface area contributed by atoms with E-state index in [4.69, 9.17) is 5.73 Å². The number of fused-ring (bicyclic) bond motifs is 3. The number of aldehydes is 1.